The molecule has 0 saturated carbocycles. The van der Waals surface area contributed by atoms with Gasteiger partial charge in [-0.3, -0.25) is 0 Å². The summed E-state index contributed by atoms with van der Waals surface area (Å²) in [5.41, 5.74) is 1.96. The number of furan rings is 1. The number of hydrogen-bond acceptors (Lipinski definition) is 5. The first-order valence-electron chi connectivity index (χ1n) is 9.13. The number of nitrogens with zero attached hydrogens (tertiary/aromatic N) is 2. The fourth-order valence-electron chi connectivity index (χ4n) is 3.18. The van der Waals surface area contributed by atoms with Gasteiger partial charge < -0.3 is 19.2 Å². The van der Waals surface area contributed by atoms with Gasteiger partial charge in [0.1, 0.15) is 17.0 Å². The first-order valence-corrected chi connectivity index (χ1v) is 9.13. The molecule has 7 nitrogen and oxygen atoms in total. The fourth-order valence-corrected chi connectivity index (χ4v) is 3.18. The molecule has 0 aliphatic heterocycles. The molecular formula is C21H21N3O4. The zero-order valence-corrected chi connectivity index (χ0v) is 15.8. The minimum Gasteiger partial charge on any atom is -0.496 e. The lowest BCUT2D eigenvalue weighted by Gasteiger charge is -2.06. The van der Waals surface area contributed by atoms with E-state index in [9.17, 15) is 4.79 Å². The maximum Gasteiger partial charge on any atom is 0.342 e. The molecule has 1 N–H and O–H groups in total. The van der Waals surface area contributed by atoms with Crippen molar-refractivity contribution in [1.29, 1.82) is 0 Å². The number of para-hydroxylation sites is 1. The van der Waals surface area contributed by atoms with Crippen molar-refractivity contribution >= 4 is 27.9 Å². The molecule has 0 aliphatic carbocycles. The molecular weight excluding hydrogens is 358 g/mol. The zero-order valence-electron chi connectivity index (χ0n) is 15.8. The number of benzene rings is 2. The summed E-state index contributed by atoms with van der Waals surface area (Å²) in [6, 6.07) is 14.8. The van der Waals surface area contributed by atoms with Crippen LogP contribution in [-0.2, 0) is 4.74 Å². The van der Waals surface area contributed by atoms with Gasteiger partial charge in [-0.15, -0.1) is 0 Å². The lowest BCUT2D eigenvalue weighted by atomic mass is 10.1. The molecule has 2 aromatic heterocycles. The summed E-state index contributed by atoms with van der Waals surface area (Å²) < 4.78 is 18.1. The molecule has 0 saturated heterocycles. The Hall–Kier alpha value is -3.32. The molecule has 0 aliphatic rings. The molecule has 2 aromatic carbocycles. The van der Waals surface area contributed by atoms with Gasteiger partial charge in [-0.25, -0.2) is 4.79 Å². The first kappa shape index (κ1) is 18.1. The Morgan fingerprint density at radius 2 is 2.07 bits per heavy atom. The minimum atomic E-state index is -0.333. The van der Waals surface area contributed by atoms with E-state index in [4.69, 9.17) is 13.9 Å². The number of hydrogen-bond donors (Lipinski definition) is 1. The number of rotatable bonds is 6. The number of ether oxygens (including phenoxy) is 2. The number of carbonyl (C=O) groups is 1. The smallest absolute Gasteiger partial charge is 0.342 e. The van der Waals surface area contributed by atoms with Crippen LogP contribution in [0.25, 0.3) is 33.3 Å². The van der Waals surface area contributed by atoms with Gasteiger partial charge in [0.05, 0.1) is 24.6 Å². The van der Waals surface area contributed by atoms with E-state index in [1.54, 1.807) is 7.11 Å². The largest absolute Gasteiger partial charge is 0.496 e. The highest BCUT2D eigenvalue weighted by Gasteiger charge is 2.22. The Morgan fingerprint density at radius 1 is 1.21 bits per heavy atom. The summed E-state index contributed by atoms with van der Waals surface area (Å²) >= 11 is 0. The van der Waals surface area contributed by atoms with Crippen LogP contribution < -0.4 is 10.1 Å². The summed E-state index contributed by atoms with van der Waals surface area (Å²) in [5.74, 6) is 1.21. The average molecular weight is 379 g/mol. The molecule has 0 radical (unpaired) electrons. The predicted molar refractivity (Wildman–Crippen MR) is 107 cm³/mol. The Balaban J connectivity index is 1.80. The predicted octanol–water partition coefficient (Wildman–Crippen LogP) is 4.05. The van der Waals surface area contributed by atoms with Crippen LogP contribution in [0.15, 0.2) is 52.9 Å². The van der Waals surface area contributed by atoms with Gasteiger partial charge in [0, 0.05) is 18.5 Å². The second-order valence-electron chi connectivity index (χ2n) is 6.19. The second kappa shape index (κ2) is 7.74. The summed E-state index contributed by atoms with van der Waals surface area (Å²) in [4.78, 5) is 12.7. The molecule has 1 amide bonds. The molecule has 0 spiro atoms. The lowest BCUT2D eigenvalue weighted by molar-refractivity contribution is 0.149. The third kappa shape index (κ3) is 3.20. The molecule has 0 fully saturated rings. The van der Waals surface area contributed by atoms with Crippen LogP contribution in [0, 0.1) is 0 Å². The average Bonchev–Trinajstić information content (AvgIpc) is 3.32. The molecule has 0 bridgehead atoms. The Kier molecular flexibility index (Phi) is 4.99. The Labute approximate surface area is 161 Å². The van der Waals surface area contributed by atoms with Crippen molar-refractivity contribution in [3.05, 3.63) is 48.5 Å². The van der Waals surface area contributed by atoms with Crippen LogP contribution in [0.1, 0.15) is 6.92 Å². The Bertz CT molecular complexity index is 1100. The van der Waals surface area contributed by atoms with E-state index in [1.807, 2.05) is 55.5 Å². The van der Waals surface area contributed by atoms with E-state index in [-0.39, 0.29) is 6.03 Å². The van der Waals surface area contributed by atoms with Gasteiger partial charge in [-0.1, -0.05) is 24.3 Å². The van der Waals surface area contributed by atoms with E-state index in [0.717, 1.165) is 16.4 Å². The van der Waals surface area contributed by atoms with Gasteiger partial charge in [-0.2, -0.15) is 9.78 Å². The van der Waals surface area contributed by atoms with E-state index >= 15 is 0 Å². The highest BCUT2D eigenvalue weighted by molar-refractivity contribution is 6.02. The van der Waals surface area contributed by atoms with Crippen molar-refractivity contribution < 1.29 is 18.7 Å². The molecule has 2 heterocycles. The van der Waals surface area contributed by atoms with E-state index in [0.29, 0.717) is 42.5 Å². The zero-order chi connectivity index (χ0) is 19.5. The van der Waals surface area contributed by atoms with Crippen molar-refractivity contribution in [3.8, 4) is 17.2 Å². The summed E-state index contributed by atoms with van der Waals surface area (Å²) in [6.07, 6.45) is 0. The van der Waals surface area contributed by atoms with Gasteiger partial charge in [0.25, 0.3) is 0 Å². The van der Waals surface area contributed by atoms with Gasteiger partial charge in [-0.05, 0) is 31.2 Å². The molecule has 144 valence electrons. The van der Waals surface area contributed by atoms with Crippen LogP contribution in [0.2, 0.25) is 0 Å². The monoisotopic (exact) mass is 379 g/mol. The van der Waals surface area contributed by atoms with E-state index in [1.165, 1.54) is 4.68 Å². The van der Waals surface area contributed by atoms with E-state index in [2.05, 4.69) is 10.4 Å². The fraction of sp³-hybridized carbons (Fsp3) is 0.238. The van der Waals surface area contributed by atoms with Crippen LogP contribution in [0.5, 0.6) is 5.75 Å². The van der Waals surface area contributed by atoms with Crippen molar-refractivity contribution in [2.45, 2.75) is 6.92 Å². The van der Waals surface area contributed by atoms with Gasteiger partial charge in [0.2, 0.25) is 0 Å². The normalized spacial score (nSPS) is 11.2. The van der Waals surface area contributed by atoms with Crippen molar-refractivity contribution in [2.24, 2.45) is 0 Å². The number of amides is 1. The van der Waals surface area contributed by atoms with Crippen molar-refractivity contribution in [1.82, 2.24) is 15.1 Å². The van der Waals surface area contributed by atoms with Crippen molar-refractivity contribution in [2.75, 3.05) is 26.9 Å². The number of carbonyl (C=O) groups excluding carboxylic acids is 1. The van der Waals surface area contributed by atoms with Crippen molar-refractivity contribution in [3.63, 3.8) is 0 Å². The maximum absolute atomic E-state index is 12.7. The number of aromatic nitrogens is 2. The highest BCUT2D eigenvalue weighted by Crippen LogP contribution is 2.37. The van der Waals surface area contributed by atoms with Crippen LogP contribution in [-0.4, -0.2) is 42.7 Å². The van der Waals surface area contributed by atoms with Crippen LogP contribution in [0.4, 0.5) is 4.79 Å². The third-order valence-corrected chi connectivity index (χ3v) is 4.47. The number of fused-ring (bicyclic) bond motifs is 2. The second-order valence-corrected chi connectivity index (χ2v) is 6.19. The molecule has 4 aromatic rings. The summed E-state index contributed by atoms with van der Waals surface area (Å²) in [5, 5.41) is 9.07. The molecule has 0 unspecified atom stereocenters. The number of methoxy groups -OCH3 is 1. The first-order chi connectivity index (χ1) is 13.7. The van der Waals surface area contributed by atoms with Gasteiger partial charge >= 0.3 is 6.03 Å². The SMILES string of the molecule is CCOCCNC(=O)n1nc(-c2cc3ccccc3o2)c2c(OC)cccc21. The molecule has 7 heteroatoms. The van der Waals surface area contributed by atoms with Crippen LogP contribution in [0.3, 0.4) is 0 Å². The maximum atomic E-state index is 12.7. The topological polar surface area (TPSA) is 78.5 Å². The summed E-state index contributed by atoms with van der Waals surface area (Å²) in [7, 11) is 1.59. The lowest BCUT2D eigenvalue weighted by Crippen LogP contribution is -2.32. The summed E-state index contributed by atoms with van der Waals surface area (Å²) in [6.45, 7) is 3.36. The third-order valence-electron chi connectivity index (χ3n) is 4.47. The standard InChI is InChI=1S/C21H21N3O4/c1-3-27-12-11-22-21(25)24-15-8-6-10-17(26-2)19(15)20(23-24)18-13-14-7-4-5-9-16(14)28-18/h4-10,13H,3,11-12H2,1-2H3,(H,22,25). The van der Waals surface area contributed by atoms with Crippen LogP contribution >= 0.6 is 0 Å². The molecule has 0 atom stereocenters. The molecule has 4 rings (SSSR count). The highest BCUT2D eigenvalue weighted by atomic mass is 16.5. The molecule has 28 heavy (non-hydrogen) atoms. The minimum absolute atomic E-state index is 0.333. The van der Waals surface area contributed by atoms with Gasteiger partial charge in [0.15, 0.2) is 5.76 Å². The van der Waals surface area contributed by atoms with E-state index < -0.39 is 0 Å². The Morgan fingerprint density at radius 3 is 2.86 bits per heavy atom. The quantitative estimate of drug-likeness (QED) is 0.511. The number of nitrogens with one attached hydrogen (secondary N) is 1.